The fraction of sp³-hybridized carbons (Fsp3) is 0.105. The Morgan fingerprint density at radius 1 is 1.04 bits per heavy atom. The van der Waals surface area contributed by atoms with Crippen LogP contribution in [-0.4, -0.2) is 20.9 Å². The molecule has 6 nitrogen and oxygen atoms in total. The Kier molecular flexibility index (Phi) is 5.78. The molecular formula is C19H18N2O4S2. The highest BCUT2D eigenvalue weighted by atomic mass is 32.2. The van der Waals surface area contributed by atoms with Gasteiger partial charge in [-0.15, -0.1) is 11.3 Å². The van der Waals surface area contributed by atoms with Gasteiger partial charge >= 0.3 is 0 Å². The van der Waals surface area contributed by atoms with Gasteiger partial charge in [0.05, 0.1) is 6.61 Å². The molecule has 0 saturated heterocycles. The number of ether oxygens (including phenoxy) is 1. The van der Waals surface area contributed by atoms with E-state index in [1.165, 1.54) is 6.07 Å². The van der Waals surface area contributed by atoms with Gasteiger partial charge in [0.1, 0.15) is 9.96 Å². The molecule has 2 N–H and O–H groups in total. The molecule has 0 radical (unpaired) electrons. The predicted molar refractivity (Wildman–Crippen MR) is 107 cm³/mol. The molecule has 140 valence electrons. The number of thiophene rings is 1. The highest BCUT2D eigenvalue weighted by Crippen LogP contribution is 2.21. The van der Waals surface area contributed by atoms with Crippen LogP contribution in [0.1, 0.15) is 17.3 Å². The summed E-state index contributed by atoms with van der Waals surface area (Å²) in [5, 5.41) is 4.49. The van der Waals surface area contributed by atoms with Gasteiger partial charge in [0, 0.05) is 23.0 Å². The molecule has 0 fully saturated rings. The van der Waals surface area contributed by atoms with Gasteiger partial charge in [0.15, 0.2) is 0 Å². The second-order valence-electron chi connectivity index (χ2n) is 5.53. The fourth-order valence-electron chi connectivity index (χ4n) is 2.35. The van der Waals surface area contributed by atoms with Crippen LogP contribution in [0.3, 0.4) is 0 Å². The first-order valence-electron chi connectivity index (χ1n) is 8.18. The number of amides is 1. The van der Waals surface area contributed by atoms with Crippen LogP contribution in [0, 0.1) is 0 Å². The fourth-order valence-corrected chi connectivity index (χ4v) is 4.40. The molecule has 0 spiro atoms. The van der Waals surface area contributed by atoms with Gasteiger partial charge in [-0.05, 0) is 54.8 Å². The number of benzene rings is 2. The smallest absolute Gasteiger partial charge is 0.271 e. The van der Waals surface area contributed by atoms with Crippen LogP contribution in [0.15, 0.2) is 70.3 Å². The average molecular weight is 402 g/mol. The summed E-state index contributed by atoms with van der Waals surface area (Å²) >= 11 is 1.14. The van der Waals surface area contributed by atoms with E-state index in [2.05, 4.69) is 10.0 Å². The Labute approximate surface area is 161 Å². The van der Waals surface area contributed by atoms with Crippen LogP contribution in [0.25, 0.3) is 0 Å². The lowest BCUT2D eigenvalue weighted by Crippen LogP contribution is -2.13. The molecule has 0 aliphatic rings. The molecule has 1 amide bonds. The molecule has 0 aliphatic carbocycles. The highest BCUT2D eigenvalue weighted by molar-refractivity contribution is 7.94. The molecule has 8 heteroatoms. The number of carbonyl (C=O) groups excluding carboxylic acids is 1. The van der Waals surface area contributed by atoms with E-state index in [9.17, 15) is 13.2 Å². The van der Waals surface area contributed by atoms with E-state index in [0.717, 1.165) is 11.3 Å². The maximum atomic E-state index is 12.4. The number of carbonyl (C=O) groups is 1. The topological polar surface area (TPSA) is 84.5 Å². The number of nitrogens with one attached hydrogen (secondary N) is 2. The summed E-state index contributed by atoms with van der Waals surface area (Å²) in [5.41, 5.74) is 1.42. The molecule has 1 aromatic heterocycles. The van der Waals surface area contributed by atoms with Gasteiger partial charge < -0.3 is 10.1 Å². The van der Waals surface area contributed by atoms with Gasteiger partial charge in [-0.2, -0.15) is 0 Å². The standard InChI is InChI=1S/C19H18N2O4S2/c1-2-25-17-6-3-5-16(13-17)20-19(22)14-8-10-15(11-9-14)21-27(23,24)18-7-4-12-26-18/h3-13,21H,2H2,1H3,(H,20,22). The molecular weight excluding hydrogens is 384 g/mol. The second kappa shape index (κ2) is 8.24. The molecule has 0 aliphatic heterocycles. The molecule has 0 saturated carbocycles. The van der Waals surface area contributed by atoms with E-state index in [1.807, 2.05) is 13.0 Å². The van der Waals surface area contributed by atoms with E-state index < -0.39 is 10.0 Å². The molecule has 0 atom stereocenters. The monoisotopic (exact) mass is 402 g/mol. The maximum absolute atomic E-state index is 12.4. The first-order valence-corrected chi connectivity index (χ1v) is 10.5. The SMILES string of the molecule is CCOc1cccc(NC(=O)c2ccc(NS(=O)(=O)c3cccs3)cc2)c1. The number of hydrogen-bond acceptors (Lipinski definition) is 5. The second-order valence-corrected chi connectivity index (χ2v) is 8.39. The minimum Gasteiger partial charge on any atom is -0.494 e. The zero-order chi connectivity index (χ0) is 19.3. The Hall–Kier alpha value is -2.84. The third-order valence-corrected chi connectivity index (χ3v) is 6.34. The predicted octanol–water partition coefficient (Wildman–Crippen LogP) is 4.20. The summed E-state index contributed by atoms with van der Waals surface area (Å²) in [4.78, 5) is 12.4. The zero-order valence-electron chi connectivity index (χ0n) is 14.5. The van der Waals surface area contributed by atoms with Crippen molar-refractivity contribution >= 4 is 38.6 Å². The summed E-state index contributed by atoms with van der Waals surface area (Å²) < 4.78 is 32.6. The van der Waals surface area contributed by atoms with Gasteiger partial charge in [-0.3, -0.25) is 9.52 Å². The first-order chi connectivity index (χ1) is 13.0. The third-order valence-electron chi connectivity index (χ3n) is 3.56. The van der Waals surface area contributed by atoms with Crippen LogP contribution < -0.4 is 14.8 Å². The van der Waals surface area contributed by atoms with Crippen LogP contribution in [-0.2, 0) is 10.0 Å². The van der Waals surface area contributed by atoms with Crippen molar-refractivity contribution in [2.75, 3.05) is 16.6 Å². The largest absolute Gasteiger partial charge is 0.494 e. The lowest BCUT2D eigenvalue weighted by molar-refractivity contribution is 0.102. The summed E-state index contributed by atoms with van der Waals surface area (Å²) in [6.45, 7) is 2.43. The van der Waals surface area contributed by atoms with Crippen LogP contribution in [0.2, 0.25) is 0 Å². The van der Waals surface area contributed by atoms with Gasteiger partial charge in [-0.1, -0.05) is 12.1 Å². The Bertz CT molecular complexity index is 1010. The van der Waals surface area contributed by atoms with Crippen molar-refractivity contribution in [3.63, 3.8) is 0 Å². The van der Waals surface area contributed by atoms with Crippen molar-refractivity contribution in [3.05, 3.63) is 71.6 Å². The molecule has 3 rings (SSSR count). The minimum absolute atomic E-state index is 0.235. The Balaban J connectivity index is 1.68. The summed E-state index contributed by atoms with van der Waals surface area (Å²) in [6, 6.07) is 16.6. The highest BCUT2D eigenvalue weighted by Gasteiger charge is 2.15. The maximum Gasteiger partial charge on any atom is 0.271 e. The van der Waals surface area contributed by atoms with Gasteiger partial charge in [-0.25, -0.2) is 8.42 Å². The molecule has 0 unspecified atom stereocenters. The molecule has 2 aromatic carbocycles. The van der Waals surface area contributed by atoms with Crippen molar-refractivity contribution in [2.45, 2.75) is 11.1 Å². The van der Waals surface area contributed by atoms with E-state index in [-0.39, 0.29) is 10.1 Å². The summed E-state index contributed by atoms with van der Waals surface area (Å²) in [7, 11) is -3.61. The van der Waals surface area contributed by atoms with Crippen molar-refractivity contribution in [3.8, 4) is 5.75 Å². The van der Waals surface area contributed by atoms with Crippen molar-refractivity contribution < 1.29 is 17.9 Å². The zero-order valence-corrected chi connectivity index (χ0v) is 16.1. The number of anilines is 2. The van der Waals surface area contributed by atoms with E-state index >= 15 is 0 Å². The van der Waals surface area contributed by atoms with Crippen molar-refractivity contribution in [2.24, 2.45) is 0 Å². The van der Waals surface area contributed by atoms with Crippen LogP contribution >= 0.6 is 11.3 Å². The molecule has 0 bridgehead atoms. The Morgan fingerprint density at radius 3 is 2.48 bits per heavy atom. The van der Waals surface area contributed by atoms with Gasteiger partial charge in [0.25, 0.3) is 15.9 Å². The number of rotatable bonds is 7. The van der Waals surface area contributed by atoms with E-state index in [4.69, 9.17) is 4.74 Å². The third kappa shape index (κ3) is 4.87. The van der Waals surface area contributed by atoms with E-state index in [1.54, 1.807) is 53.9 Å². The number of sulfonamides is 1. The number of hydrogen-bond donors (Lipinski definition) is 2. The van der Waals surface area contributed by atoms with Crippen molar-refractivity contribution in [1.82, 2.24) is 0 Å². The first kappa shape index (κ1) is 18.9. The summed E-state index contributed by atoms with van der Waals surface area (Å²) in [6.07, 6.45) is 0. The quantitative estimate of drug-likeness (QED) is 0.620. The lowest BCUT2D eigenvalue weighted by atomic mass is 10.2. The Morgan fingerprint density at radius 2 is 1.81 bits per heavy atom. The molecule has 3 aromatic rings. The average Bonchev–Trinajstić information content (AvgIpc) is 3.18. The molecule has 1 heterocycles. The van der Waals surface area contributed by atoms with Crippen LogP contribution in [0.5, 0.6) is 5.75 Å². The van der Waals surface area contributed by atoms with Crippen molar-refractivity contribution in [1.29, 1.82) is 0 Å². The van der Waals surface area contributed by atoms with E-state index in [0.29, 0.717) is 29.3 Å². The van der Waals surface area contributed by atoms with Gasteiger partial charge in [0.2, 0.25) is 0 Å². The summed E-state index contributed by atoms with van der Waals surface area (Å²) in [5.74, 6) is 0.380. The molecule has 27 heavy (non-hydrogen) atoms. The van der Waals surface area contributed by atoms with Crippen LogP contribution in [0.4, 0.5) is 11.4 Å². The normalized spacial score (nSPS) is 11.0. The lowest BCUT2D eigenvalue weighted by Gasteiger charge is -2.09. The minimum atomic E-state index is -3.61.